The van der Waals surface area contributed by atoms with E-state index >= 15 is 0 Å². The first-order valence-electron chi connectivity index (χ1n) is 7.79. The van der Waals surface area contributed by atoms with Crippen molar-refractivity contribution in [3.63, 3.8) is 0 Å². The molecule has 0 radical (unpaired) electrons. The highest BCUT2D eigenvalue weighted by atomic mass is 32.1. The van der Waals surface area contributed by atoms with Crippen LogP contribution in [0.4, 0.5) is 0 Å². The van der Waals surface area contributed by atoms with Crippen LogP contribution in [-0.2, 0) is 11.3 Å². The van der Waals surface area contributed by atoms with Crippen LogP contribution in [0.3, 0.4) is 0 Å². The number of carbonyl (C=O) groups is 1. The second kappa shape index (κ2) is 7.40. The Labute approximate surface area is 139 Å². The Balaban J connectivity index is 1.50. The summed E-state index contributed by atoms with van der Waals surface area (Å²) >= 11 is 3.12. The average Bonchev–Trinajstić information content (AvgIpc) is 3.26. The highest BCUT2D eigenvalue weighted by Crippen LogP contribution is 2.31. The largest absolute Gasteiger partial charge is 0.382 e. The number of thiophene rings is 2. The third kappa shape index (κ3) is 3.97. The molecule has 1 aliphatic carbocycles. The highest BCUT2D eigenvalue weighted by molar-refractivity contribution is 7.12. The molecule has 0 unspecified atom stereocenters. The van der Waals surface area contributed by atoms with Gasteiger partial charge in [-0.1, -0.05) is 18.9 Å². The van der Waals surface area contributed by atoms with Gasteiger partial charge in [-0.2, -0.15) is 0 Å². The predicted octanol–water partition coefficient (Wildman–Crippen LogP) is 4.09. The van der Waals surface area contributed by atoms with Crippen LogP contribution in [0.2, 0.25) is 0 Å². The molecule has 2 N–H and O–H groups in total. The minimum atomic E-state index is -0.548. The fourth-order valence-electron chi connectivity index (χ4n) is 2.96. The molecule has 0 aromatic carbocycles. The number of rotatable bonds is 6. The van der Waals surface area contributed by atoms with Crippen molar-refractivity contribution in [3.05, 3.63) is 44.3 Å². The average molecular weight is 335 g/mol. The highest BCUT2D eigenvalue weighted by Gasteiger charge is 2.18. The van der Waals surface area contributed by atoms with E-state index in [-0.39, 0.29) is 5.91 Å². The zero-order valence-electron chi connectivity index (χ0n) is 12.5. The number of amides is 1. The monoisotopic (exact) mass is 335 g/mol. The topological polar surface area (TPSA) is 49.3 Å². The van der Waals surface area contributed by atoms with Gasteiger partial charge < -0.3 is 10.4 Å². The molecule has 0 bridgehead atoms. The van der Waals surface area contributed by atoms with Crippen molar-refractivity contribution in [2.45, 2.75) is 44.8 Å². The van der Waals surface area contributed by atoms with Gasteiger partial charge in [0.1, 0.15) is 6.10 Å². The molecule has 2 aromatic heterocycles. The smallest absolute Gasteiger partial charge is 0.220 e. The fourth-order valence-corrected chi connectivity index (χ4v) is 4.72. The fraction of sp³-hybridized carbons (Fsp3) is 0.471. The molecule has 3 nitrogen and oxygen atoms in total. The summed E-state index contributed by atoms with van der Waals surface area (Å²) in [5.74, 6) is 0.736. The van der Waals surface area contributed by atoms with Crippen molar-refractivity contribution >= 4 is 28.6 Å². The van der Waals surface area contributed by atoms with Gasteiger partial charge in [-0.15, -0.1) is 22.7 Å². The molecular weight excluding hydrogens is 314 g/mol. The summed E-state index contributed by atoms with van der Waals surface area (Å²) in [5.41, 5.74) is 0. The van der Waals surface area contributed by atoms with E-state index in [2.05, 4.69) is 5.32 Å². The Morgan fingerprint density at radius 1 is 1.27 bits per heavy atom. The molecule has 2 aromatic rings. The summed E-state index contributed by atoms with van der Waals surface area (Å²) in [6.45, 7) is 0.563. The molecule has 22 heavy (non-hydrogen) atoms. The van der Waals surface area contributed by atoms with Gasteiger partial charge in [0, 0.05) is 21.1 Å². The Morgan fingerprint density at radius 2 is 2.09 bits per heavy atom. The number of nitrogens with one attached hydrogen (secondary N) is 1. The van der Waals surface area contributed by atoms with Gasteiger partial charge in [-0.3, -0.25) is 4.79 Å². The number of carbonyl (C=O) groups excluding carboxylic acids is 1. The van der Waals surface area contributed by atoms with Crippen LogP contribution < -0.4 is 5.32 Å². The Hall–Kier alpha value is -1.17. The first-order valence-corrected chi connectivity index (χ1v) is 9.49. The molecule has 1 atom stereocenters. The maximum atomic E-state index is 11.9. The summed E-state index contributed by atoms with van der Waals surface area (Å²) in [5, 5.41) is 15.3. The maximum Gasteiger partial charge on any atom is 0.220 e. The van der Waals surface area contributed by atoms with Crippen LogP contribution in [0.1, 0.15) is 52.8 Å². The van der Waals surface area contributed by atoms with Crippen molar-refractivity contribution in [3.8, 4) is 0 Å². The van der Waals surface area contributed by atoms with Gasteiger partial charge in [0.05, 0.1) is 6.54 Å². The summed E-state index contributed by atoms with van der Waals surface area (Å²) in [7, 11) is 0. The lowest BCUT2D eigenvalue weighted by Crippen LogP contribution is -2.24. The molecule has 118 valence electrons. The molecule has 0 spiro atoms. The zero-order valence-corrected chi connectivity index (χ0v) is 14.1. The quantitative estimate of drug-likeness (QED) is 0.835. The standard InChI is InChI=1S/C17H21NO2S2/c19-16(10-12-4-1-2-5-12)18-11-13-7-8-15(22-13)17(20)14-6-3-9-21-14/h3,6-9,12,17,20H,1-2,4-5,10-11H2,(H,18,19)/t17-/m0/s1. The van der Waals surface area contributed by atoms with Crippen LogP contribution in [0.5, 0.6) is 0 Å². The number of aliphatic hydroxyl groups excluding tert-OH is 1. The third-order valence-electron chi connectivity index (χ3n) is 4.17. The van der Waals surface area contributed by atoms with Crippen molar-refractivity contribution < 1.29 is 9.90 Å². The molecule has 1 aliphatic rings. The van der Waals surface area contributed by atoms with Crippen molar-refractivity contribution in [2.75, 3.05) is 0 Å². The van der Waals surface area contributed by atoms with E-state index in [1.54, 1.807) is 22.7 Å². The summed E-state index contributed by atoms with van der Waals surface area (Å²) in [6.07, 6.45) is 5.05. The lowest BCUT2D eigenvalue weighted by Gasteiger charge is -2.09. The lowest BCUT2D eigenvalue weighted by molar-refractivity contribution is -0.122. The second-order valence-electron chi connectivity index (χ2n) is 5.85. The van der Waals surface area contributed by atoms with Gasteiger partial charge in [0.15, 0.2) is 0 Å². The molecule has 1 fully saturated rings. The zero-order chi connectivity index (χ0) is 15.4. The molecule has 1 amide bonds. The summed E-state index contributed by atoms with van der Waals surface area (Å²) < 4.78 is 0. The van der Waals surface area contributed by atoms with E-state index in [4.69, 9.17) is 0 Å². The van der Waals surface area contributed by atoms with Crippen molar-refractivity contribution in [1.29, 1.82) is 0 Å². The number of aliphatic hydroxyl groups is 1. The second-order valence-corrected chi connectivity index (χ2v) is 8.03. The SMILES string of the molecule is O=C(CC1CCCC1)NCc1ccc([C@@H](O)c2cccs2)s1. The molecular formula is C17H21NO2S2. The van der Waals surface area contributed by atoms with Crippen LogP contribution in [0.25, 0.3) is 0 Å². The third-order valence-corrected chi connectivity index (χ3v) is 6.24. The summed E-state index contributed by atoms with van der Waals surface area (Å²) in [6, 6.07) is 7.83. The first kappa shape index (κ1) is 15.7. The van der Waals surface area contributed by atoms with E-state index in [1.807, 2.05) is 29.6 Å². The number of hydrogen-bond acceptors (Lipinski definition) is 4. The molecule has 0 aliphatic heterocycles. The van der Waals surface area contributed by atoms with E-state index in [9.17, 15) is 9.90 Å². The molecule has 1 saturated carbocycles. The molecule has 0 saturated heterocycles. The minimum Gasteiger partial charge on any atom is -0.382 e. The minimum absolute atomic E-state index is 0.153. The van der Waals surface area contributed by atoms with Crippen LogP contribution >= 0.6 is 22.7 Å². The van der Waals surface area contributed by atoms with Gasteiger partial charge in [0.2, 0.25) is 5.91 Å². The predicted molar refractivity (Wildman–Crippen MR) is 91.1 cm³/mol. The van der Waals surface area contributed by atoms with Gasteiger partial charge in [-0.05, 0) is 42.3 Å². The van der Waals surface area contributed by atoms with Crippen molar-refractivity contribution in [1.82, 2.24) is 5.32 Å². The summed E-state index contributed by atoms with van der Waals surface area (Å²) in [4.78, 5) is 14.9. The first-order chi connectivity index (χ1) is 10.7. The molecule has 5 heteroatoms. The Morgan fingerprint density at radius 3 is 2.82 bits per heavy atom. The number of hydrogen-bond donors (Lipinski definition) is 2. The Bertz CT molecular complexity index is 600. The van der Waals surface area contributed by atoms with Gasteiger partial charge in [-0.25, -0.2) is 0 Å². The maximum absolute atomic E-state index is 11.9. The molecule has 2 heterocycles. The van der Waals surface area contributed by atoms with Crippen LogP contribution in [0.15, 0.2) is 29.6 Å². The molecule has 3 rings (SSSR count). The van der Waals surface area contributed by atoms with E-state index in [1.165, 1.54) is 25.7 Å². The van der Waals surface area contributed by atoms with Crippen LogP contribution in [-0.4, -0.2) is 11.0 Å². The Kier molecular flexibility index (Phi) is 5.28. The van der Waals surface area contributed by atoms with Crippen LogP contribution in [0, 0.1) is 5.92 Å². The van der Waals surface area contributed by atoms with Gasteiger partial charge >= 0.3 is 0 Å². The van der Waals surface area contributed by atoms with E-state index < -0.39 is 6.10 Å². The van der Waals surface area contributed by atoms with Crippen molar-refractivity contribution in [2.24, 2.45) is 5.92 Å². The lowest BCUT2D eigenvalue weighted by atomic mass is 10.0. The van der Waals surface area contributed by atoms with Gasteiger partial charge in [0.25, 0.3) is 0 Å². The van der Waals surface area contributed by atoms with E-state index in [0.717, 1.165) is 14.6 Å². The normalized spacial score (nSPS) is 16.8. The van der Waals surface area contributed by atoms with E-state index in [0.29, 0.717) is 18.9 Å².